The molecule has 4 nitrogen and oxygen atoms in total. The molecule has 1 aliphatic rings. The molecule has 0 saturated carbocycles. The van der Waals surface area contributed by atoms with Gasteiger partial charge in [0.05, 0.1) is 0 Å². The zero-order valence-corrected chi connectivity index (χ0v) is 16.2. The third-order valence-electron chi connectivity index (χ3n) is 4.32. The van der Waals surface area contributed by atoms with E-state index in [1.54, 1.807) is 6.08 Å². The number of aliphatic carboxylic acids is 1. The van der Waals surface area contributed by atoms with E-state index in [9.17, 15) is 9.59 Å². The summed E-state index contributed by atoms with van der Waals surface area (Å²) in [7, 11) is 0. The van der Waals surface area contributed by atoms with Crippen molar-refractivity contribution in [2.45, 2.75) is 24.2 Å². The maximum absolute atomic E-state index is 12.7. The number of carbonyl (C=O) groups excluding carboxylic acids is 1. The zero-order valence-electron chi connectivity index (χ0n) is 13.8. The van der Waals surface area contributed by atoms with Gasteiger partial charge in [0.25, 0.3) is 0 Å². The van der Waals surface area contributed by atoms with Crippen molar-refractivity contribution in [3.8, 4) is 0 Å². The molecule has 1 N–H and O–H groups in total. The number of hydrogen-bond donors (Lipinski definition) is 1. The van der Waals surface area contributed by atoms with E-state index in [1.807, 2.05) is 41.3 Å². The molecule has 128 valence electrons. The van der Waals surface area contributed by atoms with Crippen LogP contribution in [0.5, 0.6) is 0 Å². The van der Waals surface area contributed by atoms with Gasteiger partial charge in [-0.3, -0.25) is 0 Å². The number of hydrogen-bond acceptors (Lipinski definition) is 2. The SMILES string of the molecule is O=C(O)/C=C/c1ccc(C[C@@H]([AsH2])C(=O)N2Cc3ccccc3C2)cc1. The average Bonchev–Trinajstić information content (AvgIpc) is 3.04. The Morgan fingerprint density at radius 2 is 1.68 bits per heavy atom. The first-order valence-corrected chi connectivity index (χ1v) is 9.54. The quantitative estimate of drug-likeness (QED) is 0.622. The van der Waals surface area contributed by atoms with Gasteiger partial charge in [0, 0.05) is 0 Å². The summed E-state index contributed by atoms with van der Waals surface area (Å²) in [5.41, 5.74) is 4.41. The summed E-state index contributed by atoms with van der Waals surface area (Å²) in [6.45, 7) is 1.41. The zero-order chi connectivity index (χ0) is 17.8. The normalized spacial score (nSPS) is 14.5. The van der Waals surface area contributed by atoms with Crippen molar-refractivity contribution in [2.24, 2.45) is 0 Å². The van der Waals surface area contributed by atoms with E-state index in [0.29, 0.717) is 19.5 Å². The van der Waals surface area contributed by atoms with E-state index in [1.165, 1.54) is 28.0 Å². The van der Waals surface area contributed by atoms with Gasteiger partial charge in [-0.1, -0.05) is 0 Å². The third-order valence-corrected chi connectivity index (χ3v) is 5.42. The van der Waals surface area contributed by atoms with E-state index in [2.05, 4.69) is 12.1 Å². The number of benzene rings is 2. The second-order valence-corrected chi connectivity index (χ2v) is 7.88. The molecule has 1 heterocycles. The number of rotatable bonds is 5. The topological polar surface area (TPSA) is 57.6 Å². The van der Waals surface area contributed by atoms with Crippen molar-refractivity contribution < 1.29 is 14.7 Å². The second-order valence-electron chi connectivity index (χ2n) is 6.19. The number of fused-ring (bicyclic) bond motifs is 1. The Balaban J connectivity index is 1.60. The van der Waals surface area contributed by atoms with Crippen LogP contribution < -0.4 is 0 Å². The monoisotopic (exact) mass is 397 g/mol. The van der Waals surface area contributed by atoms with Gasteiger partial charge in [-0.15, -0.1) is 0 Å². The fourth-order valence-corrected chi connectivity index (χ4v) is 4.01. The molecule has 5 heteroatoms. The van der Waals surface area contributed by atoms with Gasteiger partial charge in [0.15, 0.2) is 0 Å². The summed E-state index contributed by atoms with van der Waals surface area (Å²) in [4.78, 5) is 25.2. The fourth-order valence-electron chi connectivity index (χ4n) is 3.00. The molecular weight excluding hydrogens is 377 g/mol. The number of carboxylic acids is 1. The number of carbonyl (C=O) groups is 2. The van der Waals surface area contributed by atoms with Crippen molar-refractivity contribution in [3.05, 3.63) is 76.9 Å². The molecule has 0 radical (unpaired) electrons. The average molecular weight is 397 g/mol. The molecule has 0 spiro atoms. The summed E-state index contributed by atoms with van der Waals surface area (Å²) in [6.07, 6.45) is 3.38. The maximum atomic E-state index is 12.7. The molecule has 0 aromatic heterocycles. The van der Waals surface area contributed by atoms with Crippen LogP contribution in [0.2, 0.25) is 4.71 Å². The predicted octanol–water partition coefficient (Wildman–Crippen LogP) is 2.29. The Hall–Kier alpha value is -2.32. The Bertz CT molecular complexity index is 789. The molecule has 2 aromatic rings. The van der Waals surface area contributed by atoms with Gasteiger partial charge in [0.2, 0.25) is 0 Å². The Labute approximate surface area is 155 Å². The van der Waals surface area contributed by atoms with Crippen LogP contribution in [0, 0.1) is 0 Å². The Kier molecular flexibility index (Phi) is 5.40. The van der Waals surface area contributed by atoms with Crippen LogP contribution >= 0.6 is 0 Å². The number of amides is 1. The van der Waals surface area contributed by atoms with Gasteiger partial charge in [0.1, 0.15) is 0 Å². The van der Waals surface area contributed by atoms with E-state index in [0.717, 1.165) is 17.2 Å². The molecule has 0 aliphatic carbocycles. The molecule has 0 bridgehead atoms. The van der Waals surface area contributed by atoms with Crippen molar-refractivity contribution in [1.82, 2.24) is 4.90 Å². The summed E-state index contributed by atoms with van der Waals surface area (Å²) in [6, 6.07) is 15.9. The van der Waals surface area contributed by atoms with Gasteiger partial charge >= 0.3 is 155 Å². The molecule has 2 atom stereocenters. The molecular formula is C20H20AsNO3. The molecule has 25 heavy (non-hydrogen) atoms. The van der Waals surface area contributed by atoms with Gasteiger partial charge in [-0.2, -0.15) is 0 Å². The van der Waals surface area contributed by atoms with Gasteiger partial charge in [-0.05, 0) is 0 Å². The van der Waals surface area contributed by atoms with Crippen LogP contribution in [-0.2, 0) is 29.1 Å². The fraction of sp³-hybridized carbons (Fsp3) is 0.200. The molecule has 0 fully saturated rings. The van der Waals surface area contributed by atoms with Crippen molar-refractivity contribution in [3.63, 3.8) is 0 Å². The molecule has 1 unspecified atom stereocenters. The third kappa shape index (κ3) is 4.40. The standard InChI is InChI=1S/C20H20AsNO3/c21-18(11-15-7-5-14(6-8-15)9-10-19(23)24)20(25)22-12-16-3-1-2-4-17(16)13-22/h1-10,18H,11-13,21H2,(H,23,24)/b10-9+/t18-/m1/s1. The summed E-state index contributed by atoms with van der Waals surface area (Å²) in [5.74, 6) is -0.761. The van der Waals surface area contributed by atoms with Crippen molar-refractivity contribution in [1.29, 1.82) is 0 Å². The second kappa shape index (κ2) is 7.71. The summed E-state index contributed by atoms with van der Waals surface area (Å²) in [5, 5.41) is 8.65. The number of nitrogens with zero attached hydrogens (tertiary/aromatic N) is 1. The minimum absolute atomic E-state index is 0.0257. The first-order valence-electron chi connectivity index (χ1n) is 8.14. The van der Waals surface area contributed by atoms with Crippen LogP contribution in [0.4, 0.5) is 0 Å². The van der Waals surface area contributed by atoms with E-state index in [4.69, 9.17) is 5.11 Å². The van der Waals surface area contributed by atoms with Crippen molar-refractivity contribution in [2.75, 3.05) is 0 Å². The summed E-state index contributed by atoms with van der Waals surface area (Å²) < 4.78 is -0.0257. The van der Waals surface area contributed by atoms with Gasteiger partial charge < -0.3 is 0 Å². The molecule has 1 aliphatic heterocycles. The van der Waals surface area contributed by atoms with Crippen LogP contribution in [-0.4, -0.2) is 38.7 Å². The van der Waals surface area contributed by atoms with Crippen LogP contribution in [0.1, 0.15) is 22.3 Å². The molecule has 2 aromatic carbocycles. The Morgan fingerprint density at radius 3 is 2.24 bits per heavy atom. The molecule has 3 rings (SSSR count). The van der Waals surface area contributed by atoms with Gasteiger partial charge in [-0.25, -0.2) is 0 Å². The van der Waals surface area contributed by atoms with Crippen LogP contribution in [0.15, 0.2) is 54.6 Å². The van der Waals surface area contributed by atoms with E-state index < -0.39 is 5.97 Å². The molecule has 0 saturated heterocycles. The van der Waals surface area contributed by atoms with Crippen LogP contribution in [0.3, 0.4) is 0 Å². The van der Waals surface area contributed by atoms with Crippen LogP contribution in [0.25, 0.3) is 6.08 Å². The van der Waals surface area contributed by atoms with E-state index >= 15 is 0 Å². The summed E-state index contributed by atoms with van der Waals surface area (Å²) >= 11 is 1.44. The van der Waals surface area contributed by atoms with Crippen molar-refractivity contribution >= 4 is 34.8 Å². The predicted molar refractivity (Wildman–Crippen MR) is 99.8 cm³/mol. The van der Waals surface area contributed by atoms with E-state index in [-0.39, 0.29) is 10.6 Å². The molecule has 1 amide bonds. The Morgan fingerprint density at radius 1 is 1.08 bits per heavy atom. The minimum atomic E-state index is -0.961. The number of carboxylic acid groups (broad SMARTS) is 1. The first-order chi connectivity index (χ1) is 12.0. The first kappa shape index (κ1) is 17.5.